The first-order valence-corrected chi connectivity index (χ1v) is 9.01. The Balaban J connectivity index is 2.90. The Morgan fingerprint density at radius 2 is 1.86 bits per heavy atom. The summed E-state index contributed by atoms with van der Waals surface area (Å²) >= 11 is 3.48. The summed E-state index contributed by atoms with van der Waals surface area (Å²) in [5.41, 5.74) is 0. The highest BCUT2D eigenvalue weighted by atomic mass is 79.9. The predicted octanol–water partition coefficient (Wildman–Crippen LogP) is 3.48. The van der Waals surface area contributed by atoms with Gasteiger partial charge in [-0.05, 0) is 6.42 Å². The van der Waals surface area contributed by atoms with E-state index in [0.29, 0.717) is 0 Å². The first-order chi connectivity index (χ1) is 6.59. The SMILES string of the molecule is C=C(CCBr)[Si](C)(C)c1ccccc1. The smallest absolute Gasteiger partial charge is 0.103 e. The van der Waals surface area contributed by atoms with E-state index in [9.17, 15) is 0 Å². The Bertz CT molecular complexity index is 303. The van der Waals surface area contributed by atoms with Crippen LogP contribution < -0.4 is 5.19 Å². The van der Waals surface area contributed by atoms with Gasteiger partial charge < -0.3 is 0 Å². The zero-order valence-electron chi connectivity index (χ0n) is 8.89. The first kappa shape index (κ1) is 11.7. The molecule has 0 saturated carbocycles. The van der Waals surface area contributed by atoms with E-state index in [1.54, 1.807) is 0 Å². The highest BCUT2D eigenvalue weighted by molar-refractivity contribution is 9.09. The highest BCUT2D eigenvalue weighted by Gasteiger charge is 2.25. The molecule has 0 aliphatic rings. The van der Waals surface area contributed by atoms with Gasteiger partial charge in [0.2, 0.25) is 0 Å². The van der Waals surface area contributed by atoms with Crippen LogP contribution in [-0.4, -0.2) is 13.4 Å². The molecule has 0 nitrogen and oxygen atoms in total. The number of hydrogen-bond donors (Lipinski definition) is 0. The first-order valence-electron chi connectivity index (χ1n) is 4.89. The van der Waals surface area contributed by atoms with E-state index in [1.165, 1.54) is 10.4 Å². The third-order valence-corrected chi connectivity index (χ3v) is 6.97. The maximum absolute atomic E-state index is 4.22. The van der Waals surface area contributed by atoms with Gasteiger partial charge in [-0.2, -0.15) is 0 Å². The lowest BCUT2D eigenvalue weighted by Gasteiger charge is -2.25. The zero-order chi connectivity index (χ0) is 10.6. The van der Waals surface area contributed by atoms with Crippen LogP contribution in [0.15, 0.2) is 42.1 Å². The quantitative estimate of drug-likeness (QED) is 0.580. The van der Waals surface area contributed by atoms with Gasteiger partial charge in [-0.1, -0.05) is 69.7 Å². The van der Waals surface area contributed by atoms with Crippen molar-refractivity contribution in [3.63, 3.8) is 0 Å². The summed E-state index contributed by atoms with van der Waals surface area (Å²) in [6, 6.07) is 10.8. The van der Waals surface area contributed by atoms with E-state index in [4.69, 9.17) is 0 Å². The average Bonchev–Trinajstić information content (AvgIpc) is 2.19. The van der Waals surface area contributed by atoms with Gasteiger partial charge >= 0.3 is 0 Å². The summed E-state index contributed by atoms with van der Waals surface area (Å²) in [7, 11) is -1.43. The third kappa shape index (κ3) is 2.58. The van der Waals surface area contributed by atoms with Crippen molar-refractivity contribution >= 4 is 29.2 Å². The molecule has 1 aromatic rings. The number of halogens is 1. The van der Waals surface area contributed by atoms with E-state index < -0.39 is 8.07 Å². The molecule has 0 atom stereocenters. The molecular formula is C12H17BrSi. The molecule has 0 radical (unpaired) electrons. The summed E-state index contributed by atoms with van der Waals surface area (Å²) in [6.45, 7) is 8.96. The summed E-state index contributed by atoms with van der Waals surface area (Å²) in [5.74, 6) is 0. The van der Waals surface area contributed by atoms with Crippen molar-refractivity contribution in [3.05, 3.63) is 42.1 Å². The van der Waals surface area contributed by atoms with Crippen LogP contribution in [-0.2, 0) is 0 Å². The maximum atomic E-state index is 4.22. The average molecular weight is 269 g/mol. The molecule has 0 aliphatic carbocycles. The predicted molar refractivity (Wildman–Crippen MR) is 71.1 cm³/mol. The van der Waals surface area contributed by atoms with Crippen molar-refractivity contribution in [2.75, 3.05) is 5.33 Å². The zero-order valence-corrected chi connectivity index (χ0v) is 11.5. The van der Waals surface area contributed by atoms with Gasteiger partial charge in [-0.15, -0.1) is 6.58 Å². The Kier molecular flexibility index (Phi) is 4.14. The second kappa shape index (κ2) is 4.94. The summed E-state index contributed by atoms with van der Waals surface area (Å²) < 4.78 is 0. The molecule has 1 aromatic carbocycles. The van der Waals surface area contributed by atoms with Crippen LogP contribution in [0.2, 0.25) is 13.1 Å². The molecule has 0 bridgehead atoms. The van der Waals surface area contributed by atoms with Crippen molar-refractivity contribution in [2.45, 2.75) is 19.5 Å². The maximum Gasteiger partial charge on any atom is 0.106 e. The summed E-state index contributed by atoms with van der Waals surface area (Å²) in [6.07, 6.45) is 1.09. The molecule has 1 rings (SSSR count). The fraction of sp³-hybridized carbons (Fsp3) is 0.333. The third-order valence-electron chi connectivity index (χ3n) is 2.78. The second-order valence-electron chi connectivity index (χ2n) is 4.03. The highest BCUT2D eigenvalue weighted by Crippen LogP contribution is 2.17. The molecule has 0 heterocycles. The van der Waals surface area contributed by atoms with Gasteiger partial charge in [0, 0.05) is 5.33 Å². The van der Waals surface area contributed by atoms with Gasteiger partial charge in [0.05, 0.1) is 0 Å². The number of hydrogen-bond acceptors (Lipinski definition) is 0. The molecule has 0 spiro atoms. The van der Waals surface area contributed by atoms with Crippen LogP contribution in [0.4, 0.5) is 0 Å². The van der Waals surface area contributed by atoms with Crippen LogP contribution in [0, 0.1) is 0 Å². The van der Waals surface area contributed by atoms with E-state index in [2.05, 4.69) is 65.9 Å². The largest absolute Gasteiger partial charge is 0.106 e. The van der Waals surface area contributed by atoms with Crippen LogP contribution >= 0.6 is 15.9 Å². The molecule has 0 unspecified atom stereocenters. The number of benzene rings is 1. The molecule has 2 heteroatoms. The molecule has 0 aliphatic heterocycles. The molecular weight excluding hydrogens is 252 g/mol. The standard InChI is InChI=1S/C12H17BrSi/c1-11(9-10-13)14(2,3)12-7-5-4-6-8-12/h4-8H,1,9-10H2,2-3H3. The Labute approximate surface area is 96.2 Å². The van der Waals surface area contributed by atoms with Crippen molar-refractivity contribution in [1.29, 1.82) is 0 Å². The molecule has 76 valence electrons. The van der Waals surface area contributed by atoms with Crippen molar-refractivity contribution < 1.29 is 0 Å². The molecule has 0 aromatic heterocycles. The van der Waals surface area contributed by atoms with Crippen LogP contribution in [0.5, 0.6) is 0 Å². The van der Waals surface area contributed by atoms with Gasteiger partial charge in [0.1, 0.15) is 8.07 Å². The van der Waals surface area contributed by atoms with E-state index in [0.717, 1.165) is 11.8 Å². The minimum Gasteiger partial charge on any atom is -0.103 e. The van der Waals surface area contributed by atoms with Crippen molar-refractivity contribution in [3.8, 4) is 0 Å². The van der Waals surface area contributed by atoms with Crippen LogP contribution in [0.1, 0.15) is 6.42 Å². The van der Waals surface area contributed by atoms with Crippen LogP contribution in [0.25, 0.3) is 0 Å². The Hall–Kier alpha value is -0.343. The molecule has 0 fully saturated rings. The van der Waals surface area contributed by atoms with Crippen LogP contribution in [0.3, 0.4) is 0 Å². The van der Waals surface area contributed by atoms with E-state index >= 15 is 0 Å². The molecule has 0 amide bonds. The minimum atomic E-state index is -1.43. The van der Waals surface area contributed by atoms with E-state index in [-0.39, 0.29) is 0 Å². The molecule has 14 heavy (non-hydrogen) atoms. The van der Waals surface area contributed by atoms with Gasteiger partial charge in [0.15, 0.2) is 0 Å². The summed E-state index contributed by atoms with van der Waals surface area (Å²) in [5, 5.41) is 3.92. The lowest BCUT2D eigenvalue weighted by atomic mass is 10.4. The number of alkyl halides is 1. The van der Waals surface area contributed by atoms with Crippen molar-refractivity contribution in [1.82, 2.24) is 0 Å². The minimum absolute atomic E-state index is 1.02. The monoisotopic (exact) mass is 268 g/mol. The fourth-order valence-electron chi connectivity index (χ4n) is 1.49. The van der Waals surface area contributed by atoms with E-state index in [1.807, 2.05) is 0 Å². The lowest BCUT2D eigenvalue weighted by molar-refractivity contribution is 1.21. The second-order valence-corrected chi connectivity index (χ2v) is 9.36. The van der Waals surface area contributed by atoms with Gasteiger partial charge in [-0.25, -0.2) is 0 Å². The molecule has 0 saturated heterocycles. The normalized spacial score (nSPS) is 11.4. The van der Waals surface area contributed by atoms with Gasteiger partial charge in [0.25, 0.3) is 0 Å². The molecule has 0 N–H and O–H groups in total. The van der Waals surface area contributed by atoms with Crippen molar-refractivity contribution in [2.24, 2.45) is 0 Å². The number of allylic oxidation sites excluding steroid dienone is 1. The summed E-state index contributed by atoms with van der Waals surface area (Å²) in [4.78, 5) is 0. The Morgan fingerprint density at radius 3 is 2.36 bits per heavy atom. The number of rotatable bonds is 4. The Morgan fingerprint density at radius 1 is 1.29 bits per heavy atom. The lowest BCUT2D eigenvalue weighted by Crippen LogP contribution is -2.43. The van der Waals surface area contributed by atoms with Gasteiger partial charge in [-0.3, -0.25) is 0 Å². The fourth-order valence-corrected chi connectivity index (χ4v) is 4.51. The topological polar surface area (TPSA) is 0 Å².